The Hall–Kier alpha value is -2.33. The summed E-state index contributed by atoms with van der Waals surface area (Å²) >= 11 is 5.79. The highest BCUT2D eigenvalue weighted by atomic mass is 35.5. The number of hydrogen-bond acceptors (Lipinski definition) is 3. The molecule has 0 saturated heterocycles. The van der Waals surface area contributed by atoms with E-state index in [-0.39, 0.29) is 10.7 Å². The standard InChI is InChI=1S/C15H12ClNO3/c16-14-11-13(8-9-15(14)17(18)19)20-10-4-7-12-5-2-1-3-6-12/h1-9,11H,10H2/b7-4+. The van der Waals surface area contributed by atoms with Crippen LogP contribution in [-0.4, -0.2) is 11.5 Å². The number of hydrogen-bond donors (Lipinski definition) is 0. The topological polar surface area (TPSA) is 52.4 Å². The van der Waals surface area contributed by atoms with Crippen LogP contribution in [0.1, 0.15) is 5.56 Å². The minimum Gasteiger partial charge on any atom is -0.489 e. The first-order valence-electron chi connectivity index (χ1n) is 5.95. The minimum absolute atomic E-state index is 0.0690. The number of nitrogens with zero attached hydrogens (tertiary/aromatic N) is 1. The summed E-state index contributed by atoms with van der Waals surface area (Å²) in [7, 11) is 0. The molecule has 20 heavy (non-hydrogen) atoms. The van der Waals surface area contributed by atoms with Gasteiger partial charge in [0.25, 0.3) is 5.69 Å². The van der Waals surface area contributed by atoms with Gasteiger partial charge in [0.1, 0.15) is 17.4 Å². The molecule has 5 heteroatoms. The highest BCUT2D eigenvalue weighted by molar-refractivity contribution is 6.32. The minimum atomic E-state index is -0.526. The smallest absolute Gasteiger partial charge is 0.288 e. The largest absolute Gasteiger partial charge is 0.489 e. The number of halogens is 1. The summed E-state index contributed by atoms with van der Waals surface area (Å²) in [5.74, 6) is 0.498. The first-order valence-corrected chi connectivity index (χ1v) is 6.33. The molecule has 0 amide bonds. The summed E-state index contributed by atoms with van der Waals surface area (Å²) in [5, 5.41) is 10.7. The first kappa shape index (κ1) is 14.1. The molecule has 0 aliphatic carbocycles. The van der Waals surface area contributed by atoms with E-state index in [2.05, 4.69) is 0 Å². The number of nitro benzene ring substituents is 1. The lowest BCUT2D eigenvalue weighted by atomic mass is 10.2. The second kappa shape index (κ2) is 6.73. The van der Waals surface area contributed by atoms with Crippen molar-refractivity contribution in [2.45, 2.75) is 0 Å². The Bertz CT molecular complexity index is 626. The molecule has 2 aromatic rings. The van der Waals surface area contributed by atoms with Crippen LogP contribution in [0.5, 0.6) is 5.75 Å². The van der Waals surface area contributed by atoms with Gasteiger partial charge in [-0.15, -0.1) is 0 Å². The van der Waals surface area contributed by atoms with Gasteiger partial charge in [-0.3, -0.25) is 10.1 Å². The van der Waals surface area contributed by atoms with Crippen molar-refractivity contribution in [3.05, 3.63) is 75.3 Å². The van der Waals surface area contributed by atoms with E-state index < -0.39 is 4.92 Å². The molecule has 0 atom stereocenters. The van der Waals surface area contributed by atoms with Crippen molar-refractivity contribution in [2.24, 2.45) is 0 Å². The fraction of sp³-hybridized carbons (Fsp3) is 0.0667. The molecule has 102 valence electrons. The lowest BCUT2D eigenvalue weighted by Crippen LogP contribution is -1.94. The third-order valence-corrected chi connectivity index (χ3v) is 2.87. The van der Waals surface area contributed by atoms with Crippen LogP contribution >= 0.6 is 11.6 Å². The lowest BCUT2D eigenvalue weighted by Gasteiger charge is -2.03. The Kier molecular flexibility index (Phi) is 4.74. The zero-order chi connectivity index (χ0) is 14.4. The van der Waals surface area contributed by atoms with Crippen LogP contribution in [0.3, 0.4) is 0 Å². The number of nitro groups is 1. The maximum atomic E-state index is 10.6. The zero-order valence-corrected chi connectivity index (χ0v) is 11.3. The Labute approximate surface area is 121 Å². The molecule has 0 saturated carbocycles. The van der Waals surface area contributed by atoms with Crippen LogP contribution in [0.15, 0.2) is 54.6 Å². The molecule has 0 fully saturated rings. The summed E-state index contributed by atoms with van der Waals surface area (Å²) in [4.78, 5) is 10.1. The number of benzene rings is 2. The van der Waals surface area contributed by atoms with E-state index in [1.807, 2.05) is 42.5 Å². The first-order chi connectivity index (χ1) is 9.66. The fourth-order valence-electron chi connectivity index (χ4n) is 1.62. The molecule has 0 aliphatic rings. The van der Waals surface area contributed by atoms with Gasteiger partial charge in [0.05, 0.1) is 4.92 Å². The van der Waals surface area contributed by atoms with Gasteiger partial charge in [-0.25, -0.2) is 0 Å². The molecule has 0 radical (unpaired) electrons. The Morgan fingerprint density at radius 1 is 1.20 bits per heavy atom. The van der Waals surface area contributed by atoms with Crippen molar-refractivity contribution in [1.29, 1.82) is 0 Å². The van der Waals surface area contributed by atoms with Gasteiger partial charge in [-0.2, -0.15) is 0 Å². The maximum absolute atomic E-state index is 10.6. The van der Waals surface area contributed by atoms with Gasteiger partial charge in [0, 0.05) is 12.1 Å². The summed E-state index contributed by atoms with van der Waals surface area (Å²) in [6.45, 7) is 0.364. The predicted octanol–water partition coefficient (Wildman–Crippen LogP) is 4.34. The molecule has 0 heterocycles. The van der Waals surface area contributed by atoms with Crippen LogP contribution in [0, 0.1) is 10.1 Å². The molecule has 2 rings (SSSR count). The van der Waals surface area contributed by atoms with Crippen molar-refractivity contribution in [3.63, 3.8) is 0 Å². The van der Waals surface area contributed by atoms with Crippen LogP contribution in [0.2, 0.25) is 5.02 Å². The van der Waals surface area contributed by atoms with Crippen LogP contribution in [-0.2, 0) is 0 Å². The number of rotatable bonds is 5. The summed E-state index contributed by atoms with van der Waals surface area (Å²) < 4.78 is 5.45. The van der Waals surface area contributed by atoms with Gasteiger partial charge < -0.3 is 4.74 Å². The summed E-state index contributed by atoms with van der Waals surface area (Å²) in [6, 6.07) is 14.1. The van der Waals surface area contributed by atoms with E-state index >= 15 is 0 Å². The van der Waals surface area contributed by atoms with Gasteiger partial charge in [-0.1, -0.05) is 48.0 Å². The monoisotopic (exact) mass is 289 g/mol. The highest BCUT2D eigenvalue weighted by Gasteiger charge is 2.12. The summed E-state index contributed by atoms with van der Waals surface area (Å²) in [5.41, 5.74) is 0.955. The highest BCUT2D eigenvalue weighted by Crippen LogP contribution is 2.28. The van der Waals surface area contributed by atoms with E-state index in [1.165, 1.54) is 18.2 Å². The lowest BCUT2D eigenvalue weighted by molar-refractivity contribution is -0.384. The molecule has 4 nitrogen and oxygen atoms in total. The molecule has 0 spiro atoms. The Balaban J connectivity index is 1.93. The Morgan fingerprint density at radius 3 is 2.60 bits per heavy atom. The molecular formula is C15H12ClNO3. The van der Waals surface area contributed by atoms with E-state index in [9.17, 15) is 10.1 Å². The van der Waals surface area contributed by atoms with Crippen molar-refractivity contribution in [3.8, 4) is 5.75 Å². The summed E-state index contributed by atoms with van der Waals surface area (Å²) in [6.07, 6.45) is 3.80. The van der Waals surface area contributed by atoms with Crippen molar-refractivity contribution in [1.82, 2.24) is 0 Å². The van der Waals surface area contributed by atoms with Crippen LogP contribution < -0.4 is 4.74 Å². The van der Waals surface area contributed by atoms with Crippen LogP contribution in [0.25, 0.3) is 6.08 Å². The van der Waals surface area contributed by atoms with E-state index in [1.54, 1.807) is 0 Å². The molecule has 2 aromatic carbocycles. The quantitative estimate of drug-likeness (QED) is 0.608. The molecule has 0 bridgehead atoms. The van der Waals surface area contributed by atoms with Crippen molar-refractivity contribution < 1.29 is 9.66 Å². The number of ether oxygens (including phenoxy) is 1. The second-order valence-electron chi connectivity index (χ2n) is 3.99. The zero-order valence-electron chi connectivity index (χ0n) is 10.5. The fourth-order valence-corrected chi connectivity index (χ4v) is 1.86. The van der Waals surface area contributed by atoms with Gasteiger partial charge in [0.15, 0.2) is 0 Å². The normalized spacial score (nSPS) is 10.7. The molecule has 0 aliphatic heterocycles. The second-order valence-corrected chi connectivity index (χ2v) is 4.40. The van der Waals surface area contributed by atoms with Crippen molar-refractivity contribution >= 4 is 23.4 Å². The third-order valence-electron chi connectivity index (χ3n) is 2.57. The van der Waals surface area contributed by atoms with Gasteiger partial charge >= 0.3 is 0 Å². The van der Waals surface area contributed by atoms with E-state index in [4.69, 9.17) is 16.3 Å². The predicted molar refractivity (Wildman–Crippen MR) is 79.1 cm³/mol. The van der Waals surface area contributed by atoms with E-state index in [0.29, 0.717) is 12.4 Å². The average molecular weight is 290 g/mol. The van der Waals surface area contributed by atoms with E-state index in [0.717, 1.165) is 5.56 Å². The molecular weight excluding hydrogens is 278 g/mol. The van der Waals surface area contributed by atoms with Crippen molar-refractivity contribution in [2.75, 3.05) is 6.61 Å². The SMILES string of the molecule is O=[N+]([O-])c1ccc(OC/C=C/c2ccccc2)cc1Cl. The molecule has 0 aromatic heterocycles. The Morgan fingerprint density at radius 2 is 1.95 bits per heavy atom. The van der Waals surface area contributed by atoms with Gasteiger partial charge in [-0.05, 0) is 17.7 Å². The third kappa shape index (κ3) is 3.83. The average Bonchev–Trinajstić information content (AvgIpc) is 2.44. The van der Waals surface area contributed by atoms with Crippen LogP contribution in [0.4, 0.5) is 5.69 Å². The molecule has 0 unspecified atom stereocenters. The van der Waals surface area contributed by atoms with Gasteiger partial charge in [0.2, 0.25) is 0 Å². The molecule has 0 N–H and O–H groups in total. The maximum Gasteiger partial charge on any atom is 0.288 e.